The maximum Gasteiger partial charge on any atom is 0.258 e. The molecule has 0 aliphatic rings. The highest BCUT2D eigenvalue weighted by Crippen LogP contribution is 2.27. The molecule has 0 radical (unpaired) electrons. The Labute approximate surface area is 139 Å². The van der Waals surface area contributed by atoms with Gasteiger partial charge < -0.3 is 5.32 Å². The highest BCUT2D eigenvalue weighted by molar-refractivity contribution is 6.33. The summed E-state index contributed by atoms with van der Waals surface area (Å²) in [4.78, 5) is 21.0. The Hall–Kier alpha value is -2.46. The average molecular weight is 326 g/mol. The van der Waals surface area contributed by atoms with Gasteiger partial charge in [-0.3, -0.25) is 9.78 Å². The first-order valence-electron chi connectivity index (χ1n) is 7.26. The van der Waals surface area contributed by atoms with E-state index < -0.39 is 0 Å². The van der Waals surface area contributed by atoms with Crippen LogP contribution >= 0.6 is 11.6 Å². The summed E-state index contributed by atoms with van der Waals surface area (Å²) in [5.74, 6) is -0.283. The molecule has 0 aliphatic carbocycles. The summed E-state index contributed by atoms with van der Waals surface area (Å²) in [6.07, 6.45) is 1.55. The van der Waals surface area contributed by atoms with Gasteiger partial charge in [0.2, 0.25) is 0 Å². The van der Waals surface area contributed by atoms with E-state index in [-0.39, 0.29) is 11.1 Å². The summed E-state index contributed by atoms with van der Waals surface area (Å²) in [5.41, 5.74) is 5.01. The van der Waals surface area contributed by atoms with Crippen LogP contribution < -0.4 is 5.32 Å². The number of carbonyl (C=O) groups is 1. The predicted molar refractivity (Wildman–Crippen MR) is 93.2 cm³/mol. The van der Waals surface area contributed by atoms with Gasteiger partial charge in [-0.1, -0.05) is 23.2 Å². The van der Waals surface area contributed by atoms with E-state index in [1.165, 1.54) is 0 Å². The van der Waals surface area contributed by atoms with Crippen molar-refractivity contribution in [2.75, 3.05) is 5.32 Å². The van der Waals surface area contributed by atoms with Gasteiger partial charge in [0.05, 0.1) is 16.8 Å². The van der Waals surface area contributed by atoms with Crippen LogP contribution in [0.25, 0.3) is 10.9 Å². The Morgan fingerprint density at radius 1 is 1.17 bits per heavy atom. The quantitative estimate of drug-likeness (QED) is 0.708. The SMILES string of the molecule is Cc1cc(C)c2nc(C)cc(NC(=O)c3cccnc3Cl)c2c1. The van der Waals surface area contributed by atoms with Crippen LogP contribution in [0.15, 0.2) is 36.5 Å². The smallest absolute Gasteiger partial charge is 0.258 e. The number of anilines is 1. The van der Waals surface area contributed by atoms with E-state index in [2.05, 4.69) is 21.4 Å². The molecular weight excluding hydrogens is 310 g/mol. The van der Waals surface area contributed by atoms with E-state index in [1.807, 2.05) is 32.9 Å². The van der Waals surface area contributed by atoms with Gasteiger partial charge in [0.1, 0.15) is 5.15 Å². The monoisotopic (exact) mass is 325 g/mol. The second-order valence-corrected chi connectivity index (χ2v) is 5.94. The minimum Gasteiger partial charge on any atom is -0.321 e. The number of hydrogen-bond acceptors (Lipinski definition) is 3. The van der Waals surface area contributed by atoms with E-state index in [0.717, 1.165) is 33.4 Å². The van der Waals surface area contributed by atoms with Gasteiger partial charge in [0.25, 0.3) is 5.91 Å². The third-order valence-electron chi connectivity index (χ3n) is 3.63. The van der Waals surface area contributed by atoms with Gasteiger partial charge in [-0.05, 0) is 50.6 Å². The molecule has 3 aromatic rings. The Morgan fingerprint density at radius 2 is 1.96 bits per heavy atom. The Morgan fingerprint density at radius 3 is 2.70 bits per heavy atom. The van der Waals surface area contributed by atoms with Crippen LogP contribution in [-0.2, 0) is 0 Å². The number of rotatable bonds is 2. The first kappa shape index (κ1) is 15.4. The summed E-state index contributed by atoms with van der Waals surface area (Å²) in [5, 5.41) is 4.04. The fraction of sp³-hybridized carbons (Fsp3) is 0.167. The minimum atomic E-state index is -0.283. The zero-order valence-corrected chi connectivity index (χ0v) is 13.9. The molecule has 1 N–H and O–H groups in total. The van der Waals surface area contributed by atoms with Crippen LogP contribution in [0.3, 0.4) is 0 Å². The van der Waals surface area contributed by atoms with Crippen molar-refractivity contribution in [3.8, 4) is 0 Å². The third-order valence-corrected chi connectivity index (χ3v) is 3.93. The van der Waals surface area contributed by atoms with Crippen LogP contribution in [0.5, 0.6) is 0 Å². The highest BCUT2D eigenvalue weighted by Gasteiger charge is 2.14. The molecule has 5 heteroatoms. The zero-order valence-electron chi connectivity index (χ0n) is 13.1. The fourth-order valence-corrected chi connectivity index (χ4v) is 2.86. The van der Waals surface area contributed by atoms with E-state index in [4.69, 9.17) is 11.6 Å². The lowest BCUT2D eigenvalue weighted by atomic mass is 10.0. The van der Waals surface area contributed by atoms with Crippen molar-refractivity contribution in [2.45, 2.75) is 20.8 Å². The van der Waals surface area contributed by atoms with E-state index in [9.17, 15) is 4.79 Å². The molecular formula is C18H16ClN3O. The number of fused-ring (bicyclic) bond motifs is 1. The van der Waals surface area contributed by atoms with E-state index in [1.54, 1.807) is 18.3 Å². The van der Waals surface area contributed by atoms with Crippen LogP contribution in [-0.4, -0.2) is 15.9 Å². The maximum absolute atomic E-state index is 12.5. The molecule has 0 spiro atoms. The summed E-state index contributed by atoms with van der Waals surface area (Å²) >= 11 is 6.00. The second kappa shape index (κ2) is 5.97. The van der Waals surface area contributed by atoms with Gasteiger partial charge >= 0.3 is 0 Å². The molecule has 23 heavy (non-hydrogen) atoms. The molecule has 0 bridgehead atoms. The molecule has 0 saturated carbocycles. The number of carbonyl (C=O) groups excluding carboxylic acids is 1. The summed E-state index contributed by atoms with van der Waals surface area (Å²) < 4.78 is 0. The van der Waals surface area contributed by atoms with Gasteiger partial charge in [-0.2, -0.15) is 0 Å². The highest BCUT2D eigenvalue weighted by atomic mass is 35.5. The minimum absolute atomic E-state index is 0.187. The number of nitrogens with one attached hydrogen (secondary N) is 1. The Kier molecular flexibility index (Phi) is 4.01. The van der Waals surface area contributed by atoms with Crippen LogP contribution in [0, 0.1) is 20.8 Å². The largest absolute Gasteiger partial charge is 0.321 e. The number of benzene rings is 1. The standard InChI is InChI=1S/C18H16ClN3O/c1-10-7-11(2)16-14(8-10)15(9-12(3)21-16)22-18(23)13-5-4-6-20-17(13)19/h4-9H,1-3H3,(H,21,22,23). The van der Waals surface area contributed by atoms with Gasteiger partial charge in [-0.25, -0.2) is 4.98 Å². The maximum atomic E-state index is 12.5. The van der Waals surface area contributed by atoms with Crippen molar-refractivity contribution < 1.29 is 4.79 Å². The van der Waals surface area contributed by atoms with Crippen molar-refractivity contribution in [3.05, 3.63) is 64.1 Å². The number of aromatic nitrogens is 2. The average Bonchev–Trinajstić information content (AvgIpc) is 2.49. The Bertz CT molecular complexity index is 922. The first-order chi connectivity index (χ1) is 11.0. The third kappa shape index (κ3) is 3.03. The number of aryl methyl sites for hydroxylation is 3. The van der Waals surface area contributed by atoms with Crippen molar-refractivity contribution in [3.63, 3.8) is 0 Å². The number of hydrogen-bond donors (Lipinski definition) is 1. The van der Waals surface area contributed by atoms with Gasteiger partial charge in [-0.15, -0.1) is 0 Å². The van der Waals surface area contributed by atoms with E-state index in [0.29, 0.717) is 5.56 Å². The summed E-state index contributed by atoms with van der Waals surface area (Å²) in [7, 11) is 0. The molecule has 0 aliphatic heterocycles. The zero-order chi connectivity index (χ0) is 16.6. The number of nitrogens with zero attached hydrogens (tertiary/aromatic N) is 2. The topological polar surface area (TPSA) is 54.9 Å². The molecule has 116 valence electrons. The van der Waals surface area contributed by atoms with Crippen molar-refractivity contribution in [2.24, 2.45) is 0 Å². The molecule has 0 atom stereocenters. The molecule has 0 unspecified atom stereocenters. The van der Waals surface area contributed by atoms with Crippen LogP contribution in [0.2, 0.25) is 5.15 Å². The molecule has 1 amide bonds. The second-order valence-electron chi connectivity index (χ2n) is 5.59. The van der Waals surface area contributed by atoms with Crippen LogP contribution in [0.4, 0.5) is 5.69 Å². The number of halogens is 1. The molecule has 1 aromatic carbocycles. The van der Waals surface area contributed by atoms with Gasteiger partial charge in [0.15, 0.2) is 0 Å². The van der Waals surface area contributed by atoms with Crippen molar-refractivity contribution in [1.29, 1.82) is 0 Å². The van der Waals surface area contributed by atoms with Crippen molar-refractivity contribution >= 4 is 34.1 Å². The number of pyridine rings is 2. The molecule has 2 heterocycles. The summed E-state index contributed by atoms with van der Waals surface area (Å²) in [6.45, 7) is 5.95. The lowest BCUT2D eigenvalue weighted by molar-refractivity contribution is 0.102. The number of amides is 1. The summed E-state index contributed by atoms with van der Waals surface area (Å²) in [6, 6.07) is 9.30. The van der Waals surface area contributed by atoms with Crippen LogP contribution in [0.1, 0.15) is 27.2 Å². The fourth-order valence-electron chi connectivity index (χ4n) is 2.66. The van der Waals surface area contributed by atoms with Gasteiger partial charge in [0, 0.05) is 17.3 Å². The molecule has 2 aromatic heterocycles. The Balaban J connectivity index is 2.10. The molecule has 3 rings (SSSR count). The predicted octanol–water partition coefficient (Wildman–Crippen LogP) is 4.46. The lowest BCUT2D eigenvalue weighted by Gasteiger charge is -2.12. The normalized spacial score (nSPS) is 10.8. The molecule has 0 fully saturated rings. The molecule has 4 nitrogen and oxygen atoms in total. The van der Waals surface area contributed by atoms with E-state index >= 15 is 0 Å². The molecule has 0 saturated heterocycles. The first-order valence-corrected chi connectivity index (χ1v) is 7.64. The lowest BCUT2D eigenvalue weighted by Crippen LogP contribution is -2.13. The van der Waals surface area contributed by atoms with Crippen molar-refractivity contribution in [1.82, 2.24) is 9.97 Å².